The molecule has 1 amide bonds. The van der Waals surface area contributed by atoms with Crippen LogP contribution < -0.4 is 10.6 Å². The van der Waals surface area contributed by atoms with Gasteiger partial charge in [-0.25, -0.2) is 13.4 Å². The number of aromatic nitrogens is 2. The van der Waals surface area contributed by atoms with Gasteiger partial charge in [0.25, 0.3) is 0 Å². The molecule has 2 aliphatic rings. The van der Waals surface area contributed by atoms with Crippen molar-refractivity contribution in [3.8, 4) is 11.3 Å². The van der Waals surface area contributed by atoms with E-state index in [4.69, 9.17) is 10.5 Å². The van der Waals surface area contributed by atoms with E-state index in [1.165, 1.54) is 12.1 Å². The summed E-state index contributed by atoms with van der Waals surface area (Å²) in [6.45, 7) is 2.37. The number of primary amides is 1. The van der Waals surface area contributed by atoms with Crippen molar-refractivity contribution in [1.82, 2.24) is 9.97 Å². The number of rotatable bonds is 5. The topological polar surface area (TPSA) is 115 Å². The van der Waals surface area contributed by atoms with E-state index >= 15 is 0 Å². The molecule has 1 aromatic heterocycles. The summed E-state index contributed by atoms with van der Waals surface area (Å²) >= 11 is 0. The summed E-state index contributed by atoms with van der Waals surface area (Å²) in [4.78, 5) is 23.3. The molecule has 8 nitrogen and oxygen atoms in total. The lowest BCUT2D eigenvalue weighted by molar-refractivity contribution is -0.122. The predicted octanol–water partition coefficient (Wildman–Crippen LogP) is 1.55. The fourth-order valence-electron chi connectivity index (χ4n) is 3.96. The standard InChI is InChI=1S/C20H24N4O4S/c21-19(25)20(7-11-28-12-8-20)29(26,27)16-5-3-15(4-6-16)17-13-23-18(14-22-17)24-9-1-2-10-24/h3-6,13-14H,1-2,7-12H2,(H2,21,25). The highest BCUT2D eigenvalue weighted by Crippen LogP contribution is 2.35. The molecule has 0 bridgehead atoms. The Labute approximate surface area is 170 Å². The maximum absolute atomic E-state index is 13.2. The molecule has 154 valence electrons. The molecule has 29 heavy (non-hydrogen) atoms. The van der Waals surface area contributed by atoms with Gasteiger partial charge < -0.3 is 15.4 Å². The first-order valence-electron chi connectivity index (χ1n) is 9.74. The zero-order valence-corrected chi connectivity index (χ0v) is 16.9. The second-order valence-electron chi connectivity index (χ2n) is 7.45. The zero-order valence-electron chi connectivity index (χ0n) is 16.1. The Morgan fingerprint density at radius 3 is 2.24 bits per heavy atom. The fraction of sp³-hybridized carbons (Fsp3) is 0.450. The quantitative estimate of drug-likeness (QED) is 0.786. The van der Waals surface area contributed by atoms with Crippen LogP contribution in [0.4, 0.5) is 5.82 Å². The summed E-state index contributed by atoms with van der Waals surface area (Å²) in [5.74, 6) is 0.0293. The number of carbonyl (C=O) groups excluding carboxylic acids is 1. The third kappa shape index (κ3) is 3.49. The molecule has 2 fully saturated rings. The van der Waals surface area contributed by atoms with Crippen LogP contribution in [0.25, 0.3) is 11.3 Å². The summed E-state index contributed by atoms with van der Waals surface area (Å²) in [7, 11) is -3.94. The van der Waals surface area contributed by atoms with Crippen molar-refractivity contribution in [3.05, 3.63) is 36.7 Å². The third-order valence-corrected chi connectivity index (χ3v) is 8.32. The number of amides is 1. The molecule has 0 saturated carbocycles. The van der Waals surface area contributed by atoms with Crippen LogP contribution in [0.3, 0.4) is 0 Å². The minimum atomic E-state index is -3.94. The smallest absolute Gasteiger partial charge is 0.239 e. The molecule has 2 saturated heterocycles. The van der Waals surface area contributed by atoms with Crippen LogP contribution in [0.1, 0.15) is 25.7 Å². The summed E-state index contributed by atoms with van der Waals surface area (Å²) in [6.07, 6.45) is 5.90. The van der Waals surface area contributed by atoms with Crippen LogP contribution in [-0.2, 0) is 19.4 Å². The molecule has 0 unspecified atom stereocenters. The lowest BCUT2D eigenvalue weighted by Crippen LogP contribution is -2.53. The first-order valence-corrected chi connectivity index (χ1v) is 11.2. The monoisotopic (exact) mass is 416 g/mol. The van der Waals surface area contributed by atoms with Gasteiger partial charge in [-0.2, -0.15) is 0 Å². The van der Waals surface area contributed by atoms with Gasteiger partial charge in [-0.3, -0.25) is 9.78 Å². The van der Waals surface area contributed by atoms with Gasteiger partial charge in [-0.15, -0.1) is 0 Å². The average molecular weight is 417 g/mol. The minimum absolute atomic E-state index is 0.0653. The zero-order chi connectivity index (χ0) is 20.5. The summed E-state index contributed by atoms with van der Waals surface area (Å²) in [6, 6.07) is 6.36. The van der Waals surface area contributed by atoms with Crippen molar-refractivity contribution in [3.63, 3.8) is 0 Å². The van der Waals surface area contributed by atoms with Gasteiger partial charge >= 0.3 is 0 Å². The molecule has 0 atom stereocenters. The van der Waals surface area contributed by atoms with Gasteiger partial charge in [0, 0.05) is 31.9 Å². The van der Waals surface area contributed by atoms with Crippen LogP contribution >= 0.6 is 0 Å². The second kappa shape index (κ2) is 7.72. The van der Waals surface area contributed by atoms with Crippen molar-refractivity contribution < 1.29 is 17.9 Å². The Bertz CT molecular complexity index is 978. The average Bonchev–Trinajstić information content (AvgIpc) is 3.29. The molecule has 0 aliphatic carbocycles. The molecule has 0 radical (unpaired) electrons. The van der Waals surface area contributed by atoms with E-state index in [-0.39, 0.29) is 31.0 Å². The molecule has 1 aromatic carbocycles. The maximum Gasteiger partial charge on any atom is 0.239 e. The summed E-state index contributed by atoms with van der Waals surface area (Å²) in [5, 5.41) is 0. The second-order valence-corrected chi connectivity index (χ2v) is 9.71. The van der Waals surface area contributed by atoms with Gasteiger partial charge in [-0.05, 0) is 37.8 Å². The normalized spacial score (nSPS) is 19.2. The summed E-state index contributed by atoms with van der Waals surface area (Å²) < 4.78 is 30.0. The highest BCUT2D eigenvalue weighted by molar-refractivity contribution is 7.93. The van der Waals surface area contributed by atoms with Crippen LogP contribution in [0.15, 0.2) is 41.6 Å². The van der Waals surface area contributed by atoms with Crippen molar-refractivity contribution >= 4 is 21.6 Å². The number of anilines is 1. The van der Waals surface area contributed by atoms with Crippen LogP contribution in [0, 0.1) is 0 Å². The molecule has 0 spiro atoms. The molecule has 2 aromatic rings. The van der Waals surface area contributed by atoms with Gasteiger partial charge in [0.1, 0.15) is 5.82 Å². The molecule has 2 aliphatic heterocycles. The van der Waals surface area contributed by atoms with Gasteiger partial charge in [0.05, 0.1) is 23.0 Å². The first kappa shape index (κ1) is 19.8. The van der Waals surface area contributed by atoms with E-state index in [0.29, 0.717) is 5.69 Å². The number of ether oxygens (including phenoxy) is 1. The van der Waals surface area contributed by atoms with Crippen LogP contribution in [-0.4, -0.2) is 55.3 Å². The molecular formula is C20H24N4O4S. The van der Waals surface area contributed by atoms with Gasteiger partial charge in [-0.1, -0.05) is 12.1 Å². The number of hydrogen-bond acceptors (Lipinski definition) is 7. The fourth-order valence-corrected chi connectivity index (χ4v) is 5.87. The Kier molecular flexibility index (Phi) is 5.26. The Morgan fingerprint density at radius 2 is 1.69 bits per heavy atom. The predicted molar refractivity (Wildman–Crippen MR) is 108 cm³/mol. The van der Waals surface area contributed by atoms with Gasteiger partial charge in [0.2, 0.25) is 5.91 Å². The molecule has 3 heterocycles. The highest BCUT2D eigenvalue weighted by Gasteiger charge is 2.51. The van der Waals surface area contributed by atoms with E-state index in [2.05, 4.69) is 14.9 Å². The summed E-state index contributed by atoms with van der Waals surface area (Å²) in [5.41, 5.74) is 6.93. The molecule has 2 N–H and O–H groups in total. The molecule has 9 heteroatoms. The van der Waals surface area contributed by atoms with Crippen molar-refractivity contribution in [2.45, 2.75) is 35.3 Å². The minimum Gasteiger partial charge on any atom is -0.381 e. The lowest BCUT2D eigenvalue weighted by Gasteiger charge is -2.33. The number of nitrogens with zero attached hydrogens (tertiary/aromatic N) is 3. The Hall–Kier alpha value is -2.52. The van der Waals surface area contributed by atoms with Gasteiger partial charge in [0.15, 0.2) is 14.6 Å². The molecular weight excluding hydrogens is 392 g/mol. The van der Waals surface area contributed by atoms with Crippen molar-refractivity contribution in [2.24, 2.45) is 5.73 Å². The Morgan fingerprint density at radius 1 is 1.03 bits per heavy atom. The lowest BCUT2D eigenvalue weighted by atomic mass is 9.98. The van der Waals surface area contributed by atoms with Crippen LogP contribution in [0.5, 0.6) is 0 Å². The SMILES string of the molecule is NC(=O)C1(S(=O)(=O)c2ccc(-c3cnc(N4CCCC4)cn3)cc2)CCOCC1. The van der Waals surface area contributed by atoms with E-state index in [9.17, 15) is 13.2 Å². The largest absolute Gasteiger partial charge is 0.381 e. The van der Waals surface area contributed by atoms with E-state index in [0.717, 1.165) is 37.3 Å². The molecule has 4 rings (SSSR count). The number of hydrogen-bond donors (Lipinski definition) is 1. The number of nitrogens with two attached hydrogens (primary N) is 1. The number of sulfone groups is 1. The Balaban J connectivity index is 1.59. The first-order chi connectivity index (χ1) is 13.9. The van der Waals surface area contributed by atoms with Crippen molar-refractivity contribution in [1.29, 1.82) is 0 Å². The maximum atomic E-state index is 13.2. The van der Waals surface area contributed by atoms with E-state index in [1.807, 2.05) is 0 Å². The van der Waals surface area contributed by atoms with E-state index < -0.39 is 20.5 Å². The van der Waals surface area contributed by atoms with Crippen molar-refractivity contribution in [2.75, 3.05) is 31.2 Å². The number of benzene rings is 1. The number of carbonyl (C=O) groups is 1. The van der Waals surface area contributed by atoms with E-state index in [1.54, 1.807) is 24.5 Å². The van der Waals surface area contributed by atoms with Crippen LogP contribution in [0.2, 0.25) is 0 Å². The third-order valence-electron chi connectivity index (χ3n) is 5.79. The highest BCUT2D eigenvalue weighted by atomic mass is 32.2.